The SMILES string of the molecule is O=C(O)Cc1nc(-c2ccc(Br)cc2C(F)(F)F)no1. The number of nitrogens with zero attached hydrogens (tertiary/aromatic N) is 2. The molecule has 2 aromatic rings. The summed E-state index contributed by atoms with van der Waals surface area (Å²) in [4.78, 5) is 14.1. The molecule has 2 rings (SSSR count). The summed E-state index contributed by atoms with van der Waals surface area (Å²) in [5.41, 5.74) is -1.21. The van der Waals surface area contributed by atoms with Crippen LogP contribution in [0.1, 0.15) is 11.5 Å². The van der Waals surface area contributed by atoms with Crippen LogP contribution in [0.5, 0.6) is 0 Å². The van der Waals surface area contributed by atoms with E-state index in [1.54, 1.807) is 0 Å². The summed E-state index contributed by atoms with van der Waals surface area (Å²) in [5.74, 6) is -1.78. The van der Waals surface area contributed by atoms with Crippen molar-refractivity contribution in [1.82, 2.24) is 10.1 Å². The van der Waals surface area contributed by atoms with Crippen LogP contribution in [0.15, 0.2) is 27.2 Å². The lowest BCUT2D eigenvalue weighted by Crippen LogP contribution is -2.07. The molecule has 0 radical (unpaired) electrons. The van der Waals surface area contributed by atoms with Crippen molar-refractivity contribution in [2.75, 3.05) is 0 Å². The number of hydrogen-bond donors (Lipinski definition) is 1. The van der Waals surface area contributed by atoms with Gasteiger partial charge in [-0.05, 0) is 18.2 Å². The molecule has 1 aromatic heterocycles. The monoisotopic (exact) mass is 350 g/mol. The zero-order chi connectivity index (χ0) is 14.9. The molecule has 0 atom stereocenters. The second-order valence-electron chi connectivity index (χ2n) is 3.77. The quantitative estimate of drug-likeness (QED) is 0.920. The molecule has 20 heavy (non-hydrogen) atoms. The van der Waals surface area contributed by atoms with Crippen molar-refractivity contribution in [2.24, 2.45) is 0 Å². The molecule has 0 unspecified atom stereocenters. The van der Waals surface area contributed by atoms with Gasteiger partial charge in [0.25, 0.3) is 0 Å². The molecule has 1 aromatic carbocycles. The van der Waals surface area contributed by atoms with Crippen LogP contribution in [-0.2, 0) is 17.4 Å². The summed E-state index contributed by atoms with van der Waals surface area (Å²) >= 11 is 2.96. The number of rotatable bonds is 3. The van der Waals surface area contributed by atoms with Crippen LogP contribution >= 0.6 is 15.9 Å². The Morgan fingerprint density at radius 2 is 2.10 bits per heavy atom. The van der Waals surface area contributed by atoms with Crippen LogP contribution in [0.4, 0.5) is 13.2 Å². The fourth-order valence-electron chi connectivity index (χ4n) is 1.51. The molecule has 0 bridgehead atoms. The Kier molecular flexibility index (Phi) is 3.80. The molecule has 0 saturated carbocycles. The molecule has 1 heterocycles. The maximum absolute atomic E-state index is 12.9. The van der Waals surface area contributed by atoms with Gasteiger partial charge in [0, 0.05) is 10.0 Å². The van der Waals surface area contributed by atoms with Gasteiger partial charge in [0.05, 0.1) is 5.56 Å². The molecule has 1 N–H and O–H groups in total. The molecule has 0 aliphatic heterocycles. The molecule has 5 nitrogen and oxygen atoms in total. The highest BCUT2D eigenvalue weighted by molar-refractivity contribution is 9.10. The predicted molar refractivity (Wildman–Crippen MR) is 63.8 cm³/mol. The van der Waals surface area contributed by atoms with Gasteiger partial charge < -0.3 is 9.63 Å². The minimum absolute atomic E-state index is 0.253. The van der Waals surface area contributed by atoms with Crippen LogP contribution in [0.2, 0.25) is 0 Å². The van der Waals surface area contributed by atoms with E-state index in [2.05, 4.69) is 30.6 Å². The number of carboxylic acid groups (broad SMARTS) is 1. The number of aromatic nitrogens is 2. The van der Waals surface area contributed by atoms with E-state index in [4.69, 9.17) is 5.11 Å². The summed E-state index contributed by atoms with van der Waals surface area (Å²) in [7, 11) is 0. The third kappa shape index (κ3) is 3.16. The number of carbonyl (C=O) groups is 1. The zero-order valence-corrected chi connectivity index (χ0v) is 11.2. The lowest BCUT2D eigenvalue weighted by molar-refractivity contribution is -0.137. The maximum Gasteiger partial charge on any atom is 0.417 e. The molecule has 9 heteroatoms. The molecule has 0 spiro atoms. The molecule has 0 fully saturated rings. The minimum Gasteiger partial charge on any atom is -0.481 e. The predicted octanol–water partition coefficient (Wildman–Crippen LogP) is 3.15. The average Bonchev–Trinajstić information content (AvgIpc) is 2.75. The third-order valence-corrected chi connectivity index (χ3v) is 2.79. The van der Waals surface area contributed by atoms with Gasteiger partial charge in [-0.25, -0.2) is 0 Å². The topological polar surface area (TPSA) is 76.2 Å². The fraction of sp³-hybridized carbons (Fsp3) is 0.182. The van der Waals surface area contributed by atoms with E-state index >= 15 is 0 Å². The van der Waals surface area contributed by atoms with E-state index in [1.807, 2.05) is 0 Å². The van der Waals surface area contributed by atoms with Crippen molar-refractivity contribution in [3.8, 4) is 11.4 Å². The standard InChI is InChI=1S/C11H6BrF3N2O3/c12-5-1-2-6(7(3-5)11(13,14)15)10-16-8(20-17-10)4-9(18)19/h1-3H,4H2,(H,18,19). The highest BCUT2D eigenvalue weighted by Gasteiger charge is 2.35. The first-order chi connectivity index (χ1) is 9.27. The van der Waals surface area contributed by atoms with Gasteiger partial charge >= 0.3 is 12.1 Å². The van der Waals surface area contributed by atoms with Gasteiger partial charge in [0.15, 0.2) is 0 Å². The molecular weight excluding hydrogens is 345 g/mol. The van der Waals surface area contributed by atoms with Crippen molar-refractivity contribution < 1.29 is 27.6 Å². The average molecular weight is 351 g/mol. The van der Waals surface area contributed by atoms with Gasteiger partial charge in [-0.3, -0.25) is 4.79 Å². The summed E-state index contributed by atoms with van der Waals surface area (Å²) in [6, 6.07) is 3.47. The molecular formula is C11H6BrF3N2O3. The fourth-order valence-corrected chi connectivity index (χ4v) is 1.87. The zero-order valence-electron chi connectivity index (χ0n) is 9.61. The Hall–Kier alpha value is -1.90. The molecule has 0 saturated heterocycles. The smallest absolute Gasteiger partial charge is 0.417 e. The van der Waals surface area contributed by atoms with E-state index in [9.17, 15) is 18.0 Å². The number of carboxylic acids is 1. The van der Waals surface area contributed by atoms with Gasteiger partial charge in [0.1, 0.15) is 6.42 Å². The van der Waals surface area contributed by atoms with E-state index in [1.165, 1.54) is 12.1 Å². The van der Waals surface area contributed by atoms with E-state index in [0.717, 1.165) is 6.07 Å². The Morgan fingerprint density at radius 1 is 1.40 bits per heavy atom. The lowest BCUT2D eigenvalue weighted by atomic mass is 10.1. The van der Waals surface area contributed by atoms with Crippen molar-refractivity contribution >= 4 is 21.9 Å². The van der Waals surface area contributed by atoms with Crippen molar-refractivity contribution in [3.05, 3.63) is 34.1 Å². The Labute approximate surface area is 118 Å². The number of benzene rings is 1. The molecule has 106 valence electrons. The summed E-state index contributed by atoms with van der Waals surface area (Å²) in [6.45, 7) is 0. The van der Waals surface area contributed by atoms with Crippen LogP contribution < -0.4 is 0 Å². The van der Waals surface area contributed by atoms with E-state index < -0.39 is 24.1 Å². The third-order valence-electron chi connectivity index (χ3n) is 2.30. The minimum atomic E-state index is -4.59. The van der Waals surface area contributed by atoms with Gasteiger partial charge in [-0.2, -0.15) is 18.2 Å². The lowest BCUT2D eigenvalue weighted by Gasteiger charge is -2.10. The van der Waals surface area contributed by atoms with Crippen molar-refractivity contribution in [3.63, 3.8) is 0 Å². The molecule has 0 aliphatic carbocycles. The Balaban J connectivity index is 2.47. The first kappa shape index (κ1) is 14.5. The highest BCUT2D eigenvalue weighted by Crippen LogP contribution is 2.37. The summed E-state index contributed by atoms with van der Waals surface area (Å²) < 4.78 is 43.6. The number of halogens is 4. The van der Waals surface area contributed by atoms with Crippen LogP contribution in [0.3, 0.4) is 0 Å². The summed E-state index contributed by atoms with van der Waals surface area (Å²) in [6.07, 6.45) is -5.14. The number of alkyl halides is 3. The summed E-state index contributed by atoms with van der Waals surface area (Å²) in [5, 5.41) is 11.9. The largest absolute Gasteiger partial charge is 0.481 e. The Bertz CT molecular complexity index is 655. The van der Waals surface area contributed by atoms with Crippen molar-refractivity contribution in [1.29, 1.82) is 0 Å². The maximum atomic E-state index is 12.9. The highest BCUT2D eigenvalue weighted by atomic mass is 79.9. The van der Waals surface area contributed by atoms with Gasteiger partial charge in [-0.15, -0.1) is 0 Å². The first-order valence-electron chi connectivity index (χ1n) is 5.19. The molecule has 0 aliphatic rings. The van der Waals surface area contributed by atoms with E-state index in [0.29, 0.717) is 0 Å². The second kappa shape index (κ2) is 5.23. The first-order valence-corrected chi connectivity index (χ1v) is 5.98. The van der Waals surface area contributed by atoms with Crippen LogP contribution in [-0.4, -0.2) is 21.2 Å². The Morgan fingerprint density at radius 3 is 2.70 bits per heavy atom. The van der Waals surface area contributed by atoms with Crippen molar-refractivity contribution in [2.45, 2.75) is 12.6 Å². The van der Waals surface area contributed by atoms with Crippen LogP contribution in [0.25, 0.3) is 11.4 Å². The van der Waals surface area contributed by atoms with Gasteiger partial charge in [0.2, 0.25) is 11.7 Å². The van der Waals surface area contributed by atoms with E-state index in [-0.39, 0.29) is 21.8 Å². The molecule has 0 amide bonds. The van der Waals surface area contributed by atoms with Crippen LogP contribution in [0, 0.1) is 0 Å². The number of hydrogen-bond acceptors (Lipinski definition) is 4. The normalized spacial score (nSPS) is 11.6. The number of aliphatic carboxylic acids is 1. The second-order valence-corrected chi connectivity index (χ2v) is 4.69. The van der Waals surface area contributed by atoms with Gasteiger partial charge in [-0.1, -0.05) is 21.1 Å².